The maximum absolute atomic E-state index is 12.5. The molecule has 1 N–H and O–H groups in total. The number of nitro benzene ring substituents is 1. The molecule has 0 fully saturated rings. The molecule has 1 atom stereocenters. The Kier molecular flexibility index (Phi) is 6.49. The fraction of sp³-hybridized carbons (Fsp3) is 0.286. The van der Waals surface area contributed by atoms with Gasteiger partial charge in [-0.15, -0.1) is 0 Å². The van der Waals surface area contributed by atoms with Crippen molar-refractivity contribution in [3.8, 4) is 5.75 Å². The van der Waals surface area contributed by atoms with E-state index in [0.29, 0.717) is 0 Å². The van der Waals surface area contributed by atoms with Gasteiger partial charge in [-0.3, -0.25) is 19.9 Å². The summed E-state index contributed by atoms with van der Waals surface area (Å²) in [5.41, 5.74) is 2.09. The number of hydrogen-bond donors (Lipinski definition) is 1. The minimum Gasteiger partial charge on any atom is -0.495 e. The predicted octanol–water partition coefficient (Wildman–Crippen LogP) is 3.37. The maximum Gasteiger partial charge on any atom is 0.338 e. The standard InChI is InChI=1S/C21H22N4O6/c1-13-10-11-24(23-13)16-6-4-15(5-7-16)21(27)31-14(2)20(26)22-18-12-17(25(28)29)8-9-19(18)30-3/h4-9,12,14H,10-11H2,1-3H3,(H,22,26). The Balaban J connectivity index is 1.64. The van der Waals surface area contributed by atoms with Crippen LogP contribution in [0.25, 0.3) is 0 Å². The number of esters is 1. The molecule has 0 aromatic heterocycles. The molecule has 0 saturated heterocycles. The minimum atomic E-state index is -1.14. The molecule has 0 radical (unpaired) electrons. The molecule has 0 aliphatic carbocycles. The number of nitro groups is 1. The third kappa shape index (κ3) is 5.16. The first-order valence-electron chi connectivity index (χ1n) is 9.54. The van der Waals surface area contributed by atoms with Crippen molar-refractivity contribution in [1.29, 1.82) is 0 Å². The molecule has 10 nitrogen and oxygen atoms in total. The van der Waals surface area contributed by atoms with Crippen LogP contribution in [0.4, 0.5) is 17.1 Å². The van der Waals surface area contributed by atoms with Crippen molar-refractivity contribution in [3.05, 3.63) is 58.1 Å². The van der Waals surface area contributed by atoms with Gasteiger partial charge in [0.1, 0.15) is 5.75 Å². The number of nitrogens with one attached hydrogen (secondary N) is 1. The van der Waals surface area contributed by atoms with Gasteiger partial charge in [0, 0.05) is 30.8 Å². The number of amides is 1. The molecule has 2 aromatic carbocycles. The normalized spacial score (nSPS) is 13.9. The summed E-state index contributed by atoms with van der Waals surface area (Å²) in [4.78, 5) is 35.2. The molecule has 1 aliphatic rings. The number of rotatable bonds is 7. The quantitative estimate of drug-likeness (QED) is 0.409. The van der Waals surface area contributed by atoms with E-state index in [1.807, 2.05) is 11.9 Å². The second-order valence-corrected chi connectivity index (χ2v) is 6.93. The first-order chi connectivity index (χ1) is 14.8. The van der Waals surface area contributed by atoms with Crippen molar-refractivity contribution in [2.24, 2.45) is 5.10 Å². The van der Waals surface area contributed by atoms with Crippen LogP contribution in [0.2, 0.25) is 0 Å². The van der Waals surface area contributed by atoms with E-state index in [4.69, 9.17) is 9.47 Å². The summed E-state index contributed by atoms with van der Waals surface area (Å²) in [5, 5.41) is 19.7. The summed E-state index contributed by atoms with van der Waals surface area (Å²) in [6.45, 7) is 4.16. The molecule has 1 aliphatic heterocycles. The Morgan fingerprint density at radius 1 is 1.23 bits per heavy atom. The first-order valence-corrected chi connectivity index (χ1v) is 9.54. The van der Waals surface area contributed by atoms with E-state index >= 15 is 0 Å². The lowest BCUT2D eigenvalue weighted by molar-refractivity contribution is -0.384. The first kappa shape index (κ1) is 21.8. The van der Waals surface area contributed by atoms with Crippen molar-refractivity contribution in [3.63, 3.8) is 0 Å². The van der Waals surface area contributed by atoms with Crippen molar-refractivity contribution in [2.75, 3.05) is 24.0 Å². The molecule has 0 saturated carbocycles. The molecule has 3 rings (SSSR count). The third-order valence-electron chi connectivity index (χ3n) is 4.68. The highest BCUT2D eigenvalue weighted by Gasteiger charge is 2.22. The van der Waals surface area contributed by atoms with E-state index in [1.54, 1.807) is 24.3 Å². The number of nitrogens with zero attached hydrogens (tertiary/aromatic N) is 3. The van der Waals surface area contributed by atoms with Crippen molar-refractivity contribution in [1.82, 2.24) is 0 Å². The number of methoxy groups -OCH3 is 1. The van der Waals surface area contributed by atoms with Gasteiger partial charge in [-0.1, -0.05) is 0 Å². The topological polar surface area (TPSA) is 123 Å². The molecule has 1 amide bonds. The lowest BCUT2D eigenvalue weighted by Gasteiger charge is -2.16. The zero-order valence-corrected chi connectivity index (χ0v) is 17.3. The molecule has 162 valence electrons. The van der Waals surface area contributed by atoms with Gasteiger partial charge in [0.25, 0.3) is 11.6 Å². The lowest BCUT2D eigenvalue weighted by atomic mass is 10.2. The third-order valence-corrected chi connectivity index (χ3v) is 4.68. The number of anilines is 2. The Morgan fingerprint density at radius 2 is 1.94 bits per heavy atom. The molecular formula is C21H22N4O6. The monoisotopic (exact) mass is 426 g/mol. The minimum absolute atomic E-state index is 0.107. The van der Waals surface area contributed by atoms with Crippen LogP contribution in [0.1, 0.15) is 30.6 Å². The molecule has 1 heterocycles. The summed E-state index contributed by atoms with van der Waals surface area (Å²) in [5.74, 6) is -1.07. The predicted molar refractivity (Wildman–Crippen MR) is 115 cm³/mol. The van der Waals surface area contributed by atoms with Crippen molar-refractivity contribution in [2.45, 2.75) is 26.4 Å². The summed E-state index contributed by atoms with van der Waals surface area (Å²) in [7, 11) is 1.37. The van der Waals surface area contributed by atoms with E-state index in [9.17, 15) is 19.7 Å². The molecule has 10 heteroatoms. The fourth-order valence-corrected chi connectivity index (χ4v) is 2.95. The van der Waals surface area contributed by atoms with Gasteiger partial charge in [0.2, 0.25) is 0 Å². The highest BCUT2D eigenvalue weighted by molar-refractivity contribution is 5.98. The molecule has 0 bridgehead atoms. The summed E-state index contributed by atoms with van der Waals surface area (Å²) < 4.78 is 10.4. The average Bonchev–Trinajstić information content (AvgIpc) is 3.19. The van der Waals surface area contributed by atoms with Gasteiger partial charge in [-0.2, -0.15) is 5.10 Å². The van der Waals surface area contributed by atoms with E-state index in [0.717, 1.165) is 24.4 Å². The highest BCUT2D eigenvalue weighted by atomic mass is 16.6. The SMILES string of the molecule is COc1ccc([N+](=O)[O-])cc1NC(=O)C(C)OC(=O)c1ccc(N2CCC(C)=N2)cc1. The highest BCUT2D eigenvalue weighted by Crippen LogP contribution is 2.29. The van der Waals surface area contributed by atoms with Crippen LogP contribution in [0.3, 0.4) is 0 Å². The van der Waals surface area contributed by atoms with Gasteiger partial charge in [-0.05, 0) is 44.2 Å². The number of hydrogen-bond acceptors (Lipinski definition) is 8. The van der Waals surface area contributed by atoms with Crippen molar-refractivity contribution >= 4 is 34.7 Å². The number of ether oxygens (including phenoxy) is 2. The Morgan fingerprint density at radius 3 is 2.52 bits per heavy atom. The van der Waals surface area contributed by atoms with E-state index < -0.39 is 22.9 Å². The van der Waals surface area contributed by atoms with Gasteiger partial charge in [-0.25, -0.2) is 4.79 Å². The van der Waals surface area contributed by atoms with Gasteiger partial charge >= 0.3 is 5.97 Å². The number of carbonyl (C=O) groups excluding carboxylic acids is 2. The Hall–Kier alpha value is -3.95. The summed E-state index contributed by atoms with van der Waals surface area (Å²) >= 11 is 0. The summed E-state index contributed by atoms with van der Waals surface area (Å²) in [6, 6.07) is 10.5. The van der Waals surface area contributed by atoms with E-state index in [1.165, 1.54) is 32.2 Å². The van der Waals surface area contributed by atoms with Gasteiger partial charge in [0.15, 0.2) is 6.10 Å². The van der Waals surface area contributed by atoms with Crippen LogP contribution in [0.5, 0.6) is 5.75 Å². The van der Waals surface area contributed by atoms with Crippen LogP contribution in [-0.4, -0.2) is 42.3 Å². The van der Waals surface area contributed by atoms with Gasteiger partial charge < -0.3 is 14.8 Å². The molecule has 2 aromatic rings. The Labute approximate surface area is 178 Å². The van der Waals surface area contributed by atoms with Crippen LogP contribution < -0.4 is 15.1 Å². The number of non-ortho nitro benzene ring substituents is 1. The number of benzene rings is 2. The average molecular weight is 426 g/mol. The van der Waals surface area contributed by atoms with Crippen LogP contribution in [-0.2, 0) is 9.53 Å². The number of carbonyl (C=O) groups is 2. The van der Waals surface area contributed by atoms with Crippen molar-refractivity contribution < 1.29 is 24.0 Å². The molecule has 0 spiro atoms. The smallest absolute Gasteiger partial charge is 0.338 e. The van der Waals surface area contributed by atoms with E-state index in [-0.39, 0.29) is 22.7 Å². The zero-order valence-electron chi connectivity index (χ0n) is 17.3. The fourth-order valence-electron chi connectivity index (χ4n) is 2.95. The second kappa shape index (κ2) is 9.24. The summed E-state index contributed by atoms with van der Waals surface area (Å²) in [6.07, 6.45) is -0.242. The molecule has 31 heavy (non-hydrogen) atoms. The Bertz CT molecular complexity index is 1030. The van der Waals surface area contributed by atoms with Crippen LogP contribution in [0, 0.1) is 10.1 Å². The van der Waals surface area contributed by atoms with Crippen LogP contribution >= 0.6 is 0 Å². The van der Waals surface area contributed by atoms with Gasteiger partial charge in [0.05, 0.1) is 29.0 Å². The zero-order chi connectivity index (χ0) is 22.5. The number of hydrazone groups is 1. The second-order valence-electron chi connectivity index (χ2n) is 6.93. The molecular weight excluding hydrogens is 404 g/mol. The largest absolute Gasteiger partial charge is 0.495 e. The van der Waals surface area contributed by atoms with E-state index in [2.05, 4.69) is 10.4 Å². The van der Waals surface area contributed by atoms with Crippen LogP contribution in [0.15, 0.2) is 47.6 Å². The molecule has 1 unspecified atom stereocenters. The maximum atomic E-state index is 12.5. The lowest BCUT2D eigenvalue weighted by Crippen LogP contribution is -2.30.